The van der Waals surface area contributed by atoms with Crippen LogP contribution in [0.1, 0.15) is 43.5 Å². The van der Waals surface area contributed by atoms with Crippen LogP contribution in [0, 0.1) is 5.92 Å². The van der Waals surface area contributed by atoms with E-state index in [-0.39, 0.29) is 36.0 Å². The van der Waals surface area contributed by atoms with E-state index >= 15 is 0 Å². The summed E-state index contributed by atoms with van der Waals surface area (Å²) < 4.78 is 0. The molecule has 7 nitrogen and oxygen atoms in total. The molecule has 1 heterocycles. The number of fused-ring (bicyclic) bond motifs is 1. The number of nitrogens with one attached hydrogen (secondary N) is 3. The number of halogens is 1. The number of likely N-dealkylation sites (N-methyl/N-ethyl adjacent to an activating group) is 1. The third-order valence-corrected chi connectivity index (χ3v) is 6.15. The third kappa shape index (κ3) is 6.36. The molecule has 34 heavy (non-hydrogen) atoms. The summed E-state index contributed by atoms with van der Waals surface area (Å²) in [5.41, 5.74) is 2.92. The van der Waals surface area contributed by atoms with Crippen LogP contribution in [-0.2, 0) is 27.3 Å². The Bertz CT molecular complexity index is 983. The maximum atomic E-state index is 13.6. The van der Waals surface area contributed by atoms with Gasteiger partial charge in [-0.25, -0.2) is 0 Å². The lowest BCUT2D eigenvalue weighted by Crippen LogP contribution is -2.55. The van der Waals surface area contributed by atoms with Crippen LogP contribution >= 0.6 is 12.4 Å². The van der Waals surface area contributed by atoms with Crippen molar-refractivity contribution < 1.29 is 14.4 Å². The van der Waals surface area contributed by atoms with Crippen LogP contribution in [0.15, 0.2) is 54.6 Å². The molecule has 3 amide bonds. The molecule has 184 valence electrons. The molecule has 8 heteroatoms. The SMILES string of the molecule is CN[C@@H](C)C(=O)N[C@H](C(=O)N1Cc2ccccc2C1C(=O)NCCc1ccccc1)C(C)C.Cl. The Balaban J connectivity index is 0.00000408. The summed E-state index contributed by atoms with van der Waals surface area (Å²) in [5, 5.41) is 8.77. The number of amides is 3. The summed E-state index contributed by atoms with van der Waals surface area (Å²) in [6.45, 7) is 6.35. The lowest BCUT2D eigenvalue weighted by molar-refractivity contribution is -0.144. The van der Waals surface area contributed by atoms with Crippen molar-refractivity contribution in [3.63, 3.8) is 0 Å². The highest BCUT2D eigenvalue weighted by Crippen LogP contribution is 2.34. The summed E-state index contributed by atoms with van der Waals surface area (Å²) in [6, 6.07) is 15.7. The molecule has 3 rings (SSSR count). The topological polar surface area (TPSA) is 90.5 Å². The summed E-state index contributed by atoms with van der Waals surface area (Å²) >= 11 is 0. The lowest BCUT2D eigenvalue weighted by Gasteiger charge is -2.31. The Morgan fingerprint density at radius 1 is 1.00 bits per heavy atom. The maximum absolute atomic E-state index is 13.6. The second-order valence-electron chi connectivity index (χ2n) is 8.83. The van der Waals surface area contributed by atoms with Gasteiger partial charge in [-0.15, -0.1) is 12.4 Å². The van der Waals surface area contributed by atoms with Gasteiger partial charge in [-0.05, 0) is 43.0 Å². The summed E-state index contributed by atoms with van der Waals surface area (Å²) in [5.74, 6) is -0.830. The Morgan fingerprint density at radius 2 is 1.65 bits per heavy atom. The first kappa shape index (κ1) is 27.3. The zero-order chi connectivity index (χ0) is 24.0. The fourth-order valence-corrected chi connectivity index (χ4v) is 4.05. The molecule has 3 N–H and O–H groups in total. The standard InChI is InChI=1S/C26H34N4O3.ClH/c1-17(2)22(29-24(31)18(3)27-4)26(33)30-16-20-12-8-9-13-21(20)23(30)25(32)28-15-14-19-10-6-5-7-11-19;/h5-13,17-18,22-23,27H,14-16H2,1-4H3,(H,28,32)(H,29,31);1H/t18-,22-,23?;/m0./s1. The van der Waals surface area contributed by atoms with Gasteiger partial charge >= 0.3 is 0 Å². The normalized spacial score (nSPS) is 16.3. The molecule has 0 aliphatic carbocycles. The number of carbonyl (C=O) groups excluding carboxylic acids is 3. The number of nitrogens with zero attached hydrogens (tertiary/aromatic N) is 1. The Morgan fingerprint density at radius 3 is 2.29 bits per heavy atom. The van der Waals surface area contributed by atoms with Crippen molar-refractivity contribution in [2.45, 2.75) is 51.9 Å². The molecule has 0 spiro atoms. The zero-order valence-electron chi connectivity index (χ0n) is 20.2. The Hall–Kier alpha value is -2.90. The van der Waals surface area contributed by atoms with Crippen LogP contribution in [-0.4, -0.2) is 48.3 Å². The number of carbonyl (C=O) groups is 3. The van der Waals surface area contributed by atoms with E-state index in [1.165, 1.54) is 0 Å². The number of hydrogen-bond donors (Lipinski definition) is 3. The molecule has 1 unspecified atom stereocenters. The number of benzene rings is 2. The number of hydrogen-bond acceptors (Lipinski definition) is 4. The van der Waals surface area contributed by atoms with Crippen LogP contribution in [0.3, 0.4) is 0 Å². The number of rotatable bonds is 9. The first-order valence-corrected chi connectivity index (χ1v) is 11.5. The van der Waals surface area contributed by atoms with Crippen LogP contribution in [0.25, 0.3) is 0 Å². The van der Waals surface area contributed by atoms with E-state index in [1.54, 1.807) is 18.9 Å². The predicted octanol–water partition coefficient (Wildman–Crippen LogP) is 2.60. The van der Waals surface area contributed by atoms with Crippen molar-refractivity contribution in [1.29, 1.82) is 0 Å². The molecule has 0 bridgehead atoms. The molecule has 2 aromatic rings. The van der Waals surface area contributed by atoms with Crippen LogP contribution in [0.2, 0.25) is 0 Å². The van der Waals surface area contributed by atoms with Gasteiger partial charge < -0.3 is 20.9 Å². The highest BCUT2D eigenvalue weighted by Gasteiger charge is 2.41. The van der Waals surface area contributed by atoms with Crippen molar-refractivity contribution in [3.05, 3.63) is 71.3 Å². The van der Waals surface area contributed by atoms with Gasteiger partial charge in [0.05, 0.1) is 6.04 Å². The quantitative estimate of drug-likeness (QED) is 0.508. The first-order valence-electron chi connectivity index (χ1n) is 11.5. The van der Waals surface area contributed by atoms with Crippen LogP contribution in [0.5, 0.6) is 0 Å². The Kier molecular flexibility index (Phi) is 10.1. The van der Waals surface area contributed by atoms with Gasteiger partial charge in [0.25, 0.3) is 0 Å². The molecule has 3 atom stereocenters. The molecule has 0 aromatic heterocycles. The van der Waals surface area contributed by atoms with Crippen LogP contribution < -0.4 is 16.0 Å². The predicted molar refractivity (Wildman–Crippen MR) is 135 cm³/mol. The highest BCUT2D eigenvalue weighted by atomic mass is 35.5. The van der Waals surface area contributed by atoms with Crippen LogP contribution in [0.4, 0.5) is 0 Å². The van der Waals surface area contributed by atoms with E-state index in [2.05, 4.69) is 16.0 Å². The molecular weight excluding hydrogens is 452 g/mol. The van der Waals surface area contributed by atoms with E-state index in [9.17, 15) is 14.4 Å². The van der Waals surface area contributed by atoms with Crippen molar-refractivity contribution in [2.24, 2.45) is 5.92 Å². The summed E-state index contributed by atoms with van der Waals surface area (Å²) in [6.07, 6.45) is 0.710. The van der Waals surface area contributed by atoms with Gasteiger partial charge in [0.1, 0.15) is 12.1 Å². The average Bonchev–Trinajstić information content (AvgIpc) is 3.21. The maximum Gasteiger partial charge on any atom is 0.247 e. The second-order valence-corrected chi connectivity index (χ2v) is 8.83. The fourth-order valence-electron chi connectivity index (χ4n) is 4.05. The van der Waals surface area contributed by atoms with Crippen molar-refractivity contribution >= 4 is 30.1 Å². The van der Waals surface area contributed by atoms with Gasteiger partial charge in [0.15, 0.2) is 0 Å². The summed E-state index contributed by atoms with van der Waals surface area (Å²) in [7, 11) is 1.70. The monoisotopic (exact) mass is 486 g/mol. The first-order chi connectivity index (χ1) is 15.8. The van der Waals surface area contributed by atoms with E-state index < -0.39 is 18.1 Å². The molecule has 1 aliphatic rings. The molecule has 1 aliphatic heterocycles. The van der Waals surface area contributed by atoms with Gasteiger partial charge in [0.2, 0.25) is 17.7 Å². The average molecular weight is 487 g/mol. The Labute approximate surface area is 208 Å². The van der Waals surface area contributed by atoms with E-state index in [4.69, 9.17) is 0 Å². The minimum absolute atomic E-state index is 0. The zero-order valence-corrected chi connectivity index (χ0v) is 21.0. The largest absolute Gasteiger partial charge is 0.354 e. The minimum Gasteiger partial charge on any atom is -0.354 e. The molecular formula is C26H35ClN4O3. The van der Waals surface area contributed by atoms with E-state index in [0.29, 0.717) is 19.5 Å². The second kappa shape index (κ2) is 12.5. The van der Waals surface area contributed by atoms with Crippen molar-refractivity contribution in [3.8, 4) is 0 Å². The lowest BCUT2D eigenvalue weighted by atomic mass is 10.0. The third-order valence-electron chi connectivity index (χ3n) is 6.15. The molecule has 0 saturated heterocycles. The molecule has 0 radical (unpaired) electrons. The molecule has 0 fully saturated rings. The fraction of sp³-hybridized carbons (Fsp3) is 0.423. The summed E-state index contributed by atoms with van der Waals surface area (Å²) in [4.78, 5) is 41.0. The van der Waals surface area contributed by atoms with Gasteiger partial charge in [0, 0.05) is 13.1 Å². The highest BCUT2D eigenvalue weighted by molar-refractivity contribution is 5.94. The molecule has 2 aromatic carbocycles. The minimum atomic E-state index is -0.720. The van der Waals surface area contributed by atoms with Gasteiger partial charge in [-0.1, -0.05) is 68.4 Å². The smallest absolute Gasteiger partial charge is 0.247 e. The van der Waals surface area contributed by atoms with E-state index in [1.807, 2.05) is 68.4 Å². The van der Waals surface area contributed by atoms with Crippen molar-refractivity contribution in [1.82, 2.24) is 20.9 Å². The van der Waals surface area contributed by atoms with Gasteiger partial charge in [-0.2, -0.15) is 0 Å². The van der Waals surface area contributed by atoms with Crippen molar-refractivity contribution in [2.75, 3.05) is 13.6 Å². The van der Waals surface area contributed by atoms with Gasteiger partial charge in [-0.3, -0.25) is 14.4 Å². The molecule has 0 saturated carbocycles. The van der Waals surface area contributed by atoms with E-state index in [0.717, 1.165) is 16.7 Å².